The first kappa shape index (κ1) is 14.4. The molecule has 2 aliphatic rings. The summed E-state index contributed by atoms with van der Waals surface area (Å²) >= 11 is 0. The van der Waals surface area contributed by atoms with E-state index in [9.17, 15) is 4.79 Å². The number of hydrogen-bond donors (Lipinski definition) is 0. The van der Waals surface area contributed by atoms with Crippen molar-refractivity contribution in [2.24, 2.45) is 11.8 Å². The number of esters is 1. The first-order valence-corrected chi connectivity index (χ1v) is 7.96. The fourth-order valence-corrected chi connectivity index (χ4v) is 3.73. The Morgan fingerprint density at radius 3 is 2.19 bits per heavy atom. The van der Waals surface area contributed by atoms with Crippen LogP contribution < -0.4 is 0 Å². The van der Waals surface area contributed by atoms with E-state index < -0.39 is 0 Å². The summed E-state index contributed by atoms with van der Waals surface area (Å²) in [6.45, 7) is 7.61. The zero-order chi connectivity index (χ0) is 15.0. The lowest BCUT2D eigenvalue weighted by Crippen LogP contribution is -2.49. The Hall–Kier alpha value is -1.57. The first-order valence-electron chi connectivity index (χ1n) is 7.96. The van der Waals surface area contributed by atoms with Gasteiger partial charge in [0, 0.05) is 11.5 Å². The van der Waals surface area contributed by atoms with E-state index in [1.165, 1.54) is 30.4 Å². The van der Waals surface area contributed by atoms with E-state index in [1.807, 2.05) is 0 Å². The van der Waals surface area contributed by atoms with Gasteiger partial charge in [-0.1, -0.05) is 37.3 Å². The second kappa shape index (κ2) is 5.32. The third kappa shape index (κ3) is 2.52. The standard InChI is InChI=1S/C19H24O2/c1-13(2)18(20)21-19(3,16-9-6-10-16)17-11-14-7-4-5-8-15(14)12-17/h4-5,7-8,16-17H,1,6,9-12H2,2-3H3. The van der Waals surface area contributed by atoms with Gasteiger partial charge >= 0.3 is 5.97 Å². The Bertz CT molecular complexity index is 546. The van der Waals surface area contributed by atoms with Crippen LogP contribution in [0.4, 0.5) is 0 Å². The molecule has 21 heavy (non-hydrogen) atoms. The smallest absolute Gasteiger partial charge is 0.333 e. The lowest BCUT2D eigenvalue weighted by Gasteiger charge is -2.46. The Balaban J connectivity index is 1.84. The van der Waals surface area contributed by atoms with Gasteiger partial charge in [-0.25, -0.2) is 4.79 Å². The van der Waals surface area contributed by atoms with Crippen molar-refractivity contribution in [2.45, 2.75) is 51.6 Å². The van der Waals surface area contributed by atoms with E-state index in [0.29, 0.717) is 17.4 Å². The van der Waals surface area contributed by atoms with Crippen molar-refractivity contribution in [3.8, 4) is 0 Å². The molecule has 0 heterocycles. The molecule has 0 saturated heterocycles. The van der Waals surface area contributed by atoms with Crippen LogP contribution in [0.15, 0.2) is 36.4 Å². The second-order valence-electron chi connectivity index (χ2n) is 6.86. The van der Waals surface area contributed by atoms with E-state index in [1.54, 1.807) is 6.92 Å². The molecule has 2 nitrogen and oxygen atoms in total. The normalized spacial score (nSPS) is 21.2. The summed E-state index contributed by atoms with van der Waals surface area (Å²) in [7, 11) is 0. The van der Waals surface area contributed by atoms with Gasteiger partial charge in [0.25, 0.3) is 0 Å². The van der Waals surface area contributed by atoms with Crippen molar-refractivity contribution in [3.05, 3.63) is 47.5 Å². The Labute approximate surface area is 127 Å². The van der Waals surface area contributed by atoms with E-state index in [4.69, 9.17) is 4.74 Å². The summed E-state index contributed by atoms with van der Waals surface area (Å²) in [5, 5.41) is 0. The Morgan fingerprint density at radius 1 is 1.19 bits per heavy atom. The molecule has 0 N–H and O–H groups in total. The molecule has 3 rings (SSSR count). The summed E-state index contributed by atoms with van der Waals surface area (Å²) in [5.41, 5.74) is 2.97. The first-order chi connectivity index (χ1) is 10.0. The average molecular weight is 284 g/mol. The van der Waals surface area contributed by atoms with Gasteiger partial charge < -0.3 is 4.74 Å². The molecule has 112 valence electrons. The number of benzene rings is 1. The molecule has 1 aromatic carbocycles. The minimum atomic E-state index is -0.354. The monoisotopic (exact) mass is 284 g/mol. The molecule has 2 aliphatic carbocycles. The molecule has 1 saturated carbocycles. The average Bonchev–Trinajstić information content (AvgIpc) is 2.80. The maximum absolute atomic E-state index is 12.1. The van der Waals surface area contributed by atoms with Gasteiger partial charge in [-0.15, -0.1) is 0 Å². The second-order valence-corrected chi connectivity index (χ2v) is 6.86. The molecule has 0 spiro atoms. The third-order valence-electron chi connectivity index (χ3n) is 5.44. The summed E-state index contributed by atoms with van der Waals surface area (Å²) < 4.78 is 5.98. The molecule has 0 bridgehead atoms. The Morgan fingerprint density at radius 2 is 1.76 bits per heavy atom. The van der Waals surface area contributed by atoms with Crippen LogP contribution in [-0.2, 0) is 22.4 Å². The van der Waals surface area contributed by atoms with Gasteiger partial charge in [-0.05, 0) is 56.6 Å². The summed E-state index contributed by atoms with van der Waals surface area (Å²) in [6, 6.07) is 8.61. The molecular formula is C19H24O2. The van der Waals surface area contributed by atoms with Crippen molar-refractivity contribution >= 4 is 5.97 Å². The predicted octanol–water partition coefficient (Wildman–Crippen LogP) is 4.08. The number of rotatable bonds is 4. The van der Waals surface area contributed by atoms with Crippen LogP contribution in [0.1, 0.15) is 44.2 Å². The molecule has 1 unspecified atom stereocenters. The van der Waals surface area contributed by atoms with Crippen molar-refractivity contribution in [3.63, 3.8) is 0 Å². The topological polar surface area (TPSA) is 26.3 Å². The highest BCUT2D eigenvalue weighted by Gasteiger charge is 2.48. The highest BCUT2D eigenvalue weighted by Crippen LogP contribution is 2.47. The summed E-state index contributed by atoms with van der Waals surface area (Å²) in [5.74, 6) is 0.656. The van der Waals surface area contributed by atoms with Crippen LogP contribution in [0.2, 0.25) is 0 Å². The minimum Gasteiger partial charge on any atom is -0.455 e. The molecule has 0 aromatic heterocycles. The van der Waals surface area contributed by atoms with Crippen LogP contribution in [0.3, 0.4) is 0 Å². The van der Waals surface area contributed by atoms with Crippen molar-refractivity contribution < 1.29 is 9.53 Å². The van der Waals surface area contributed by atoms with Crippen molar-refractivity contribution in [2.75, 3.05) is 0 Å². The number of ether oxygens (including phenoxy) is 1. The molecule has 1 atom stereocenters. The maximum Gasteiger partial charge on any atom is 0.333 e. The largest absolute Gasteiger partial charge is 0.455 e. The van der Waals surface area contributed by atoms with Gasteiger partial charge in [0.05, 0.1) is 0 Å². The fourth-order valence-electron chi connectivity index (χ4n) is 3.73. The van der Waals surface area contributed by atoms with Gasteiger partial charge in [0.2, 0.25) is 0 Å². The molecular weight excluding hydrogens is 260 g/mol. The summed E-state index contributed by atoms with van der Waals surface area (Å²) in [4.78, 5) is 12.1. The number of carbonyl (C=O) groups is 1. The van der Waals surface area contributed by atoms with Crippen LogP contribution in [0.25, 0.3) is 0 Å². The Kier molecular flexibility index (Phi) is 3.64. The van der Waals surface area contributed by atoms with Gasteiger partial charge in [0.15, 0.2) is 0 Å². The third-order valence-corrected chi connectivity index (χ3v) is 5.44. The zero-order valence-corrected chi connectivity index (χ0v) is 13.0. The summed E-state index contributed by atoms with van der Waals surface area (Å²) in [6.07, 6.45) is 5.64. The lowest BCUT2D eigenvalue weighted by atomic mass is 9.67. The van der Waals surface area contributed by atoms with E-state index in [2.05, 4.69) is 37.8 Å². The molecule has 1 fully saturated rings. The quantitative estimate of drug-likeness (QED) is 0.615. The highest BCUT2D eigenvalue weighted by atomic mass is 16.6. The van der Waals surface area contributed by atoms with Crippen molar-refractivity contribution in [1.29, 1.82) is 0 Å². The number of carbonyl (C=O) groups excluding carboxylic acids is 1. The van der Waals surface area contributed by atoms with Gasteiger partial charge in [-0.2, -0.15) is 0 Å². The highest BCUT2D eigenvalue weighted by molar-refractivity contribution is 5.87. The zero-order valence-electron chi connectivity index (χ0n) is 13.0. The molecule has 0 aliphatic heterocycles. The van der Waals surface area contributed by atoms with E-state index in [0.717, 1.165) is 12.8 Å². The molecule has 0 radical (unpaired) electrons. The number of hydrogen-bond acceptors (Lipinski definition) is 2. The SMILES string of the molecule is C=C(C)C(=O)OC(C)(C1CCC1)C1Cc2ccccc2C1. The van der Waals surface area contributed by atoms with Crippen molar-refractivity contribution in [1.82, 2.24) is 0 Å². The fraction of sp³-hybridized carbons (Fsp3) is 0.526. The van der Waals surface area contributed by atoms with E-state index >= 15 is 0 Å². The van der Waals surface area contributed by atoms with Crippen LogP contribution in [0.5, 0.6) is 0 Å². The molecule has 2 heteroatoms. The van der Waals surface area contributed by atoms with Gasteiger partial charge in [-0.3, -0.25) is 0 Å². The van der Waals surface area contributed by atoms with Crippen LogP contribution in [-0.4, -0.2) is 11.6 Å². The van der Waals surface area contributed by atoms with E-state index in [-0.39, 0.29) is 11.6 Å². The van der Waals surface area contributed by atoms with Crippen LogP contribution in [0, 0.1) is 11.8 Å². The van der Waals surface area contributed by atoms with Gasteiger partial charge in [0.1, 0.15) is 5.60 Å². The maximum atomic E-state index is 12.1. The predicted molar refractivity (Wildman–Crippen MR) is 84.0 cm³/mol. The lowest BCUT2D eigenvalue weighted by molar-refractivity contribution is -0.172. The number of fused-ring (bicyclic) bond motifs is 1. The van der Waals surface area contributed by atoms with Crippen LogP contribution >= 0.6 is 0 Å². The molecule has 1 aromatic rings. The molecule has 0 amide bonds. The minimum absolute atomic E-state index is 0.236.